The molecule has 1 aromatic carbocycles. The average molecular weight is 262 g/mol. The van der Waals surface area contributed by atoms with E-state index in [4.69, 9.17) is 0 Å². The Labute approximate surface area is 114 Å². The number of amides is 1. The number of aliphatic hydroxyl groups excluding tert-OH is 1. The van der Waals surface area contributed by atoms with Gasteiger partial charge in [0.25, 0.3) is 0 Å². The van der Waals surface area contributed by atoms with E-state index in [9.17, 15) is 9.90 Å². The van der Waals surface area contributed by atoms with Gasteiger partial charge in [-0.2, -0.15) is 0 Å². The molecule has 2 rings (SSSR count). The van der Waals surface area contributed by atoms with E-state index in [1.54, 1.807) is 0 Å². The standard InChI is InChI=1S/C15H22N2O2/c1-11-4-6-12(7-5-11)8-17-13(9-18)14(19)16-10-15(17,2)3/h4-7,13,18H,8-10H2,1-3H3,(H,16,19). The van der Waals surface area contributed by atoms with Gasteiger partial charge in [0.1, 0.15) is 6.04 Å². The van der Waals surface area contributed by atoms with Crippen molar-refractivity contribution in [1.82, 2.24) is 10.2 Å². The van der Waals surface area contributed by atoms with Gasteiger partial charge in [0, 0.05) is 18.6 Å². The van der Waals surface area contributed by atoms with Crippen LogP contribution in [0.3, 0.4) is 0 Å². The van der Waals surface area contributed by atoms with Crippen molar-refractivity contribution in [3.8, 4) is 0 Å². The van der Waals surface area contributed by atoms with Gasteiger partial charge in [-0.1, -0.05) is 29.8 Å². The van der Waals surface area contributed by atoms with Gasteiger partial charge in [0.05, 0.1) is 6.61 Å². The fourth-order valence-corrected chi connectivity index (χ4v) is 2.48. The molecule has 4 nitrogen and oxygen atoms in total. The summed E-state index contributed by atoms with van der Waals surface area (Å²) in [7, 11) is 0. The van der Waals surface area contributed by atoms with Crippen molar-refractivity contribution in [2.24, 2.45) is 0 Å². The number of aryl methyl sites for hydroxylation is 1. The van der Waals surface area contributed by atoms with Crippen LogP contribution in [-0.2, 0) is 11.3 Å². The van der Waals surface area contributed by atoms with Gasteiger partial charge in [-0.25, -0.2) is 0 Å². The summed E-state index contributed by atoms with van der Waals surface area (Å²) in [6.45, 7) is 7.35. The Morgan fingerprint density at radius 1 is 1.37 bits per heavy atom. The van der Waals surface area contributed by atoms with Gasteiger partial charge in [-0.3, -0.25) is 9.69 Å². The highest BCUT2D eigenvalue weighted by molar-refractivity contribution is 5.83. The zero-order chi connectivity index (χ0) is 14.0. The number of benzene rings is 1. The van der Waals surface area contributed by atoms with Crippen molar-refractivity contribution in [3.63, 3.8) is 0 Å². The van der Waals surface area contributed by atoms with Gasteiger partial charge in [0.2, 0.25) is 5.91 Å². The van der Waals surface area contributed by atoms with E-state index in [0.29, 0.717) is 13.1 Å². The first-order valence-corrected chi connectivity index (χ1v) is 6.65. The topological polar surface area (TPSA) is 52.6 Å². The Morgan fingerprint density at radius 3 is 2.58 bits per heavy atom. The number of rotatable bonds is 3. The molecule has 1 aromatic rings. The first-order valence-electron chi connectivity index (χ1n) is 6.65. The van der Waals surface area contributed by atoms with E-state index in [0.717, 1.165) is 5.56 Å². The van der Waals surface area contributed by atoms with Gasteiger partial charge < -0.3 is 10.4 Å². The summed E-state index contributed by atoms with van der Waals surface area (Å²) in [6, 6.07) is 7.82. The number of piperazine rings is 1. The minimum absolute atomic E-state index is 0.0889. The molecule has 1 unspecified atom stereocenters. The van der Waals surface area contributed by atoms with E-state index in [2.05, 4.69) is 55.3 Å². The van der Waals surface area contributed by atoms with Crippen LogP contribution in [0.4, 0.5) is 0 Å². The maximum absolute atomic E-state index is 11.9. The second-order valence-corrected chi connectivity index (χ2v) is 5.84. The molecular weight excluding hydrogens is 240 g/mol. The second-order valence-electron chi connectivity index (χ2n) is 5.84. The summed E-state index contributed by atoms with van der Waals surface area (Å²) in [5, 5.41) is 12.3. The lowest BCUT2D eigenvalue weighted by Gasteiger charge is -2.46. The maximum atomic E-state index is 11.9. The Morgan fingerprint density at radius 2 is 2.00 bits per heavy atom. The molecule has 0 radical (unpaired) electrons. The minimum atomic E-state index is -0.468. The average Bonchev–Trinajstić information content (AvgIpc) is 2.37. The molecule has 0 aromatic heterocycles. The Balaban J connectivity index is 2.22. The molecule has 1 aliphatic heterocycles. The number of nitrogens with zero attached hydrogens (tertiary/aromatic N) is 1. The van der Waals surface area contributed by atoms with Crippen LogP contribution in [0.2, 0.25) is 0 Å². The molecule has 1 heterocycles. The van der Waals surface area contributed by atoms with E-state index in [-0.39, 0.29) is 18.1 Å². The molecule has 1 saturated heterocycles. The molecular formula is C15H22N2O2. The molecule has 1 amide bonds. The highest BCUT2D eigenvalue weighted by atomic mass is 16.3. The number of carbonyl (C=O) groups excluding carboxylic acids is 1. The molecule has 1 aliphatic rings. The number of hydrogen-bond acceptors (Lipinski definition) is 3. The van der Waals surface area contributed by atoms with Crippen LogP contribution < -0.4 is 5.32 Å². The summed E-state index contributed by atoms with van der Waals surface area (Å²) < 4.78 is 0. The van der Waals surface area contributed by atoms with E-state index in [1.165, 1.54) is 5.56 Å². The van der Waals surface area contributed by atoms with E-state index >= 15 is 0 Å². The van der Waals surface area contributed by atoms with Crippen LogP contribution in [0.5, 0.6) is 0 Å². The predicted molar refractivity (Wildman–Crippen MR) is 74.7 cm³/mol. The molecule has 0 bridgehead atoms. The largest absolute Gasteiger partial charge is 0.394 e. The highest BCUT2D eigenvalue weighted by Crippen LogP contribution is 2.24. The van der Waals surface area contributed by atoms with E-state index < -0.39 is 6.04 Å². The summed E-state index contributed by atoms with van der Waals surface area (Å²) >= 11 is 0. The lowest BCUT2D eigenvalue weighted by molar-refractivity contribution is -0.137. The third-order valence-corrected chi connectivity index (χ3v) is 3.80. The first-order chi connectivity index (χ1) is 8.94. The molecule has 1 fully saturated rings. The van der Waals surface area contributed by atoms with Crippen molar-refractivity contribution >= 4 is 5.91 Å². The fourth-order valence-electron chi connectivity index (χ4n) is 2.48. The lowest BCUT2D eigenvalue weighted by Crippen LogP contribution is -2.66. The van der Waals surface area contributed by atoms with Crippen molar-refractivity contribution in [1.29, 1.82) is 0 Å². The molecule has 104 valence electrons. The molecule has 0 saturated carbocycles. The minimum Gasteiger partial charge on any atom is -0.394 e. The zero-order valence-corrected chi connectivity index (χ0v) is 11.8. The molecule has 4 heteroatoms. The summed E-state index contributed by atoms with van der Waals surface area (Å²) in [6.07, 6.45) is 0. The van der Waals surface area contributed by atoms with Crippen LogP contribution in [0, 0.1) is 6.92 Å². The van der Waals surface area contributed by atoms with Crippen LogP contribution in [0.15, 0.2) is 24.3 Å². The van der Waals surface area contributed by atoms with Crippen molar-refractivity contribution in [2.45, 2.75) is 38.9 Å². The highest BCUT2D eigenvalue weighted by Gasteiger charge is 2.40. The first kappa shape index (κ1) is 14.0. The Hall–Kier alpha value is -1.39. The molecule has 0 aliphatic carbocycles. The van der Waals surface area contributed by atoms with Gasteiger partial charge in [-0.15, -0.1) is 0 Å². The maximum Gasteiger partial charge on any atom is 0.239 e. The molecule has 0 spiro atoms. The quantitative estimate of drug-likeness (QED) is 0.856. The molecule has 2 N–H and O–H groups in total. The van der Waals surface area contributed by atoms with Gasteiger partial charge in [0.15, 0.2) is 0 Å². The van der Waals surface area contributed by atoms with Crippen LogP contribution in [0.25, 0.3) is 0 Å². The normalized spacial score (nSPS) is 23.2. The molecule has 19 heavy (non-hydrogen) atoms. The second kappa shape index (κ2) is 5.31. The number of hydrogen-bond donors (Lipinski definition) is 2. The van der Waals surface area contributed by atoms with Crippen molar-refractivity contribution in [3.05, 3.63) is 35.4 Å². The lowest BCUT2D eigenvalue weighted by atomic mass is 9.95. The van der Waals surface area contributed by atoms with Gasteiger partial charge >= 0.3 is 0 Å². The SMILES string of the molecule is Cc1ccc(CN2C(CO)C(=O)NCC2(C)C)cc1. The van der Waals surface area contributed by atoms with Crippen molar-refractivity contribution < 1.29 is 9.90 Å². The zero-order valence-electron chi connectivity index (χ0n) is 11.8. The van der Waals surface area contributed by atoms with E-state index in [1.807, 2.05) is 0 Å². The number of aliphatic hydroxyl groups is 1. The Kier molecular flexibility index (Phi) is 3.92. The third kappa shape index (κ3) is 2.96. The smallest absolute Gasteiger partial charge is 0.239 e. The predicted octanol–water partition coefficient (Wildman–Crippen LogP) is 1.07. The summed E-state index contributed by atoms with van der Waals surface area (Å²) in [4.78, 5) is 13.9. The van der Waals surface area contributed by atoms with Crippen LogP contribution in [0.1, 0.15) is 25.0 Å². The summed E-state index contributed by atoms with van der Waals surface area (Å²) in [5.74, 6) is -0.0889. The number of nitrogens with one attached hydrogen (secondary N) is 1. The monoisotopic (exact) mass is 262 g/mol. The number of carbonyl (C=O) groups is 1. The van der Waals surface area contributed by atoms with Crippen molar-refractivity contribution in [2.75, 3.05) is 13.2 Å². The van der Waals surface area contributed by atoms with Crippen LogP contribution >= 0.6 is 0 Å². The summed E-state index contributed by atoms with van der Waals surface area (Å²) in [5.41, 5.74) is 2.22. The molecule has 1 atom stereocenters. The van der Waals surface area contributed by atoms with Crippen LogP contribution in [-0.4, -0.2) is 40.6 Å². The van der Waals surface area contributed by atoms with Gasteiger partial charge in [-0.05, 0) is 26.3 Å². The fraction of sp³-hybridized carbons (Fsp3) is 0.533. The Bertz CT molecular complexity index is 454. The third-order valence-electron chi connectivity index (χ3n) is 3.80.